The average molecular weight is 162 g/mol. The number of ether oxygens (including phenoxy) is 1. The molecular formula is C5H7FN2O3. The van der Waals surface area contributed by atoms with E-state index in [1.807, 2.05) is 0 Å². The van der Waals surface area contributed by atoms with Gasteiger partial charge >= 0.3 is 18.6 Å². The number of cyclic esters (lactones) is 1. The van der Waals surface area contributed by atoms with E-state index in [0.29, 0.717) is 9.80 Å². The quantitative estimate of drug-likeness (QED) is 0.483. The van der Waals surface area contributed by atoms with Crippen LogP contribution in [0.25, 0.3) is 0 Å². The zero-order valence-corrected chi connectivity index (χ0v) is 6.07. The summed E-state index contributed by atoms with van der Waals surface area (Å²) in [5.74, 6) is 0. The van der Waals surface area contributed by atoms with Gasteiger partial charge in [0.25, 0.3) is 0 Å². The summed E-state index contributed by atoms with van der Waals surface area (Å²) in [6.45, 7) is -1.97. The molecule has 0 spiro atoms. The summed E-state index contributed by atoms with van der Waals surface area (Å²) in [5.41, 5.74) is 0. The number of carbonyl (C=O) groups excluding carboxylic acids is 2. The van der Waals surface area contributed by atoms with Crippen LogP contribution in [0.3, 0.4) is 0 Å². The first-order valence-electron chi connectivity index (χ1n) is 2.89. The fraction of sp³-hybridized carbons (Fsp3) is 0.600. The third-order valence-corrected chi connectivity index (χ3v) is 1.37. The standard InChI is InChI=1S/C5H7FN2O3/c1-7-3(6)11-5(10)8(2)4(7)9/h3H,1-2H3. The molecule has 1 unspecified atom stereocenters. The van der Waals surface area contributed by atoms with Crippen LogP contribution in [0.15, 0.2) is 0 Å². The second-order valence-electron chi connectivity index (χ2n) is 2.13. The lowest BCUT2D eigenvalue weighted by Crippen LogP contribution is -2.53. The first-order valence-corrected chi connectivity index (χ1v) is 2.89. The van der Waals surface area contributed by atoms with Crippen molar-refractivity contribution in [2.75, 3.05) is 14.1 Å². The van der Waals surface area contributed by atoms with Crippen LogP contribution in [0.2, 0.25) is 0 Å². The zero-order chi connectivity index (χ0) is 8.59. The molecule has 1 saturated heterocycles. The van der Waals surface area contributed by atoms with E-state index in [1.54, 1.807) is 0 Å². The molecule has 3 amide bonds. The summed E-state index contributed by atoms with van der Waals surface area (Å²) in [5, 5.41) is 0. The van der Waals surface area contributed by atoms with E-state index in [-0.39, 0.29) is 0 Å². The third kappa shape index (κ3) is 1.11. The van der Waals surface area contributed by atoms with E-state index in [2.05, 4.69) is 4.74 Å². The highest BCUT2D eigenvalue weighted by molar-refractivity contribution is 5.92. The maximum absolute atomic E-state index is 12.5. The molecular weight excluding hydrogens is 155 g/mol. The summed E-state index contributed by atoms with van der Waals surface area (Å²) in [6.07, 6.45) is -0.972. The van der Waals surface area contributed by atoms with Crippen LogP contribution in [-0.2, 0) is 4.74 Å². The van der Waals surface area contributed by atoms with Gasteiger partial charge in [0.15, 0.2) is 0 Å². The maximum Gasteiger partial charge on any atom is 0.421 e. The number of rotatable bonds is 0. The number of halogens is 1. The van der Waals surface area contributed by atoms with Crippen molar-refractivity contribution in [1.29, 1.82) is 0 Å². The van der Waals surface area contributed by atoms with E-state index in [9.17, 15) is 14.0 Å². The summed E-state index contributed by atoms with van der Waals surface area (Å²) in [6, 6.07) is -0.714. The van der Waals surface area contributed by atoms with Gasteiger partial charge in [-0.15, -0.1) is 0 Å². The van der Waals surface area contributed by atoms with Gasteiger partial charge in [0, 0.05) is 14.1 Å². The zero-order valence-electron chi connectivity index (χ0n) is 6.07. The predicted octanol–water partition coefficient (Wildman–Crippen LogP) is 0.373. The summed E-state index contributed by atoms with van der Waals surface area (Å²) < 4.78 is 16.6. The molecule has 1 rings (SSSR count). The second-order valence-corrected chi connectivity index (χ2v) is 2.13. The SMILES string of the molecule is CN1C(=O)OC(F)N(C)C1=O. The van der Waals surface area contributed by atoms with E-state index in [0.717, 1.165) is 0 Å². The predicted molar refractivity (Wildman–Crippen MR) is 32.3 cm³/mol. The van der Waals surface area contributed by atoms with Gasteiger partial charge in [0.05, 0.1) is 0 Å². The third-order valence-electron chi connectivity index (χ3n) is 1.37. The number of amides is 3. The number of hydrogen-bond acceptors (Lipinski definition) is 3. The monoisotopic (exact) mass is 162 g/mol. The Morgan fingerprint density at radius 2 is 2.00 bits per heavy atom. The van der Waals surface area contributed by atoms with Crippen LogP contribution in [-0.4, -0.2) is 42.5 Å². The minimum absolute atomic E-state index is 0.682. The Bertz CT molecular complexity index is 208. The number of nitrogens with zero attached hydrogens (tertiary/aromatic N) is 2. The number of hydrogen-bond donors (Lipinski definition) is 0. The minimum atomic E-state index is -1.97. The Morgan fingerprint density at radius 3 is 2.55 bits per heavy atom. The van der Waals surface area contributed by atoms with Crippen molar-refractivity contribution in [2.24, 2.45) is 0 Å². The molecule has 1 aliphatic heterocycles. The van der Waals surface area contributed by atoms with Gasteiger partial charge in [-0.05, 0) is 0 Å². The Kier molecular flexibility index (Phi) is 1.67. The van der Waals surface area contributed by atoms with Gasteiger partial charge in [-0.2, -0.15) is 4.39 Å². The normalized spacial score (nSPS) is 25.5. The molecule has 6 heteroatoms. The highest BCUT2D eigenvalue weighted by Crippen LogP contribution is 2.12. The molecule has 0 radical (unpaired) electrons. The highest BCUT2D eigenvalue weighted by atomic mass is 19.1. The fourth-order valence-corrected chi connectivity index (χ4v) is 0.643. The molecule has 0 saturated carbocycles. The van der Waals surface area contributed by atoms with Gasteiger partial charge in [0.1, 0.15) is 0 Å². The molecule has 0 aromatic carbocycles. The molecule has 0 aromatic heterocycles. The average Bonchev–Trinajstić information content (AvgIpc) is 1.97. The van der Waals surface area contributed by atoms with Crippen LogP contribution in [0.5, 0.6) is 0 Å². The summed E-state index contributed by atoms with van der Waals surface area (Å²) >= 11 is 0. The fourth-order valence-electron chi connectivity index (χ4n) is 0.643. The molecule has 0 aliphatic carbocycles. The smallest absolute Gasteiger partial charge is 0.395 e. The van der Waals surface area contributed by atoms with Crippen molar-refractivity contribution in [1.82, 2.24) is 9.80 Å². The first kappa shape index (κ1) is 7.77. The lowest BCUT2D eigenvalue weighted by Gasteiger charge is -2.30. The van der Waals surface area contributed by atoms with Crippen LogP contribution in [0.1, 0.15) is 0 Å². The largest absolute Gasteiger partial charge is 0.421 e. The van der Waals surface area contributed by atoms with Gasteiger partial charge in [-0.1, -0.05) is 0 Å². The van der Waals surface area contributed by atoms with Crippen LogP contribution in [0.4, 0.5) is 14.0 Å². The van der Waals surface area contributed by atoms with Crippen molar-refractivity contribution in [3.8, 4) is 0 Å². The molecule has 0 bridgehead atoms. The van der Waals surface area contributed by atoms with Crippen LogP contribution in [0, 0.1) is 0 Å². The molecule has 1 fully saturated rings. The van der Waals surface area contributed by atoms with Gasteiger partial charge in [-0.3, -0.25) is 4.90 Å². The van der Waals surface area contributed by atoms with Crippen molar-refractivity contribution < 1.29 is 18.7 Å². The Labute approximate surface area is 62.3 Å². The maximum atomic E-state index is 12.5. The number of carbonyl (C=O) groups is 2. The summed E-state index contributed by atoms with van der Waals surface area (Å²) in [7, 11) is 2.42. The van der Waals surface area contributed by atoms with Crippen molar-refractivity contribution in [2.45, 2.75) is 6.48 Å². The van der Waals surface area contributed by atoms with Gasteiger partial charge < -0.3 is 4.74 Å². The van der Waals surface area contributed by atoms with Gasteiger partial charge in [-0.25, -0.2) is 14.5 Å². The lowest BCUT2D eigenvalue weighted by atomic mass is 10.6. The lowest BCUT2D eigenvalue weighted by molar-refractivity contribution is -0.0987. The van der Waals surface area contributed by atoms with E-state index >= 15 is 0 Å². The van der Waals surface area contributed by atoms with Crippen molar-refractivity contribution in [3.05, 3.63) is 0 Å². The molecule has 0 N–H and O–H groups in total. The van der Waals surface area contributed by atoms with E-state index in [4.69, 9.17) is 0 Å². The molecule has 1 aliphatic rings. The van der Waals surface area contributed by atoms with Crippen LogP contribution < -0.4 is 0 Å². The number of alkyl halides is 1. The molecule has 5 nitrogen and oxygen atoms in total. The molecule has 11 heavy (non-hydrogen) atoms. The number of urea groups is 1. The van der Waals surface area contributed by atoms with Gasteiger partial charge in [0.2, 0.25) is 0 Å². The number of imide groups is 1. The van der Waals surface area contributed by atoms with Crippen molar-refractivity contribution >= 4 is 12.1 Å². The molecule has 1 atom stereocenters. The topological polar surface area (TPSA) is 49.9 Å². The molecule has 1 heterocycles. The highest BCUT2D eigenvalue weighted by Gasteiger charge is 2.35. The summed E-state index contributed by atoms with van der Waals surface area (Å²) in [4.78, 5) is 22.8. The molecule has 0 aromatic rings. The Balaban J connectivity index is 2.79. The van der Waals surface area contributed by atoms with E-state index in [1.165, 1.54) is 14.1 Å². The second kappa shape index (κ2) is 2.37. The molecule has 62 valence electrons. The Morgan fingerprint density at radius 1 is 1.45 bits per heavy atom. The first-order chi connectivity index (χ1) is 5.04. The van der Waals surface area contributed by atoms with Crippen molar-refractivity contribution in [3.63, 3.8) is 0 Å². The Hall–Kier alpha value is -1.33. The van der Waals surface area contributed by atoms with E-state index < -0.39 is 18.6 Å². The van der Waals surface area contributed by atoms with Crippen LogP contribution >= 0.6 is 0 Å². The minimum Gasteiger partial charge on any atom is -0.395 e.